The van der Waals surface area contributed by atoms with Crippen molar-refractivity contribution in [2.24, 2.45) is 11.8 Å². The maximum Gasteiger partial charge on any atom is 0.184 e. The molecule has 0 bridgehead atoms. The Hall–Kier alpha value is 0.177. The smallest absolute Gasteiger partial charge is 0.184 e. The van der Waals surface area contributed by atoms with Gasteiger partial charge >= 0.3 is 0 Å². The summed E-state index contributed by atoms with van der Waals surface area (Å²) in [6.45, 7) is 9.34. The highest BCUT2D eigenvalue weighted by Crippen LogP contribution is 2.62. The molecule has 2 aliphatic rings. The molecule has 0 radical (unpaired) electrons. The Labute approximate surface area is 83.0 Å². The Morgan fingerprint density at radius 2 is 1.92 bits per heavy atom. The van der Waals surface area contributed by atoms with Gasteiger partial charge in [-0.2, -0.15) is 0 Å². The molecule has 0 heterocycles. The van der Waals surface area contributed by atoms with E-state index < -0.39 is 8.32 Å². The second-order valence-electron chi connectivity index (χ2n) is 5.81. The maximum atomic E-state index is 6.39. The summed E-state index contributed by atoms with van der Waals surface area (Å²) in [4.78, 5) is 0. The van der Waals surface area contributed by atoms with Crippen LogP contribution >= 0.6 is 0 Å². The van der Waals surface area contributed by atoms with E-state index in [2.05, 4.69) is 26.6 Å². The molecule has 2 saturated carbocycles. The van der Waals surface area contributed by atoms with E-state index in [1.165, 1.54) is 25.7 Å². The van der Waals surface area contributed by atoms with Crippen LogP contribution in [0.2, 0.25) is 19.6 Å². The van der Waals surface area contributed by atoms with Crippen molar-refractivity contribution in [2.75, 3.05) is 0 Å². The minimum absolute atomic E-state index is 0.350. The van der Waals surface area contributed by atoms with Crippen LogP contribution in [0.3, 0.4) is 0 Å². The van der Waals surface area contributed by atoms with E-state index in [0.29, 0.717) is 5.60 Å². The van der Waals surface area contributed by atoms with E-state index in [1.807, 2.05) is 0 Å². The van der Waals surface area contributed by atoms with Gasteiger partial charge in [-0.15, -0.1) is 0 Å². The summed E-state index contributed by atoms with van der Waals surface area (Å²) in [6.07, 6.45) is 5.59. The molecule has 1 unspecified atom stereocenters. The number of hydrogen-bond donors (Lipinski definition) is 0. The van der Waals surface area contributed by atoms with Crippen LogP contribution < -0.4 is 0 Å². The normalized spacial score (nSPS) is 44.3. The topological polar surface area (TPSA) is 9.23 Å². The first-order chi connectivity index (χ1) is 5.96. The van der Waals surface area contributed by atoms with E-state index in [0.717, 1.165) is 11.8 Å². The summed E-state index contributed by atoms with van der Waals surface area (Å²) < 4.78 is 6.39. The average Bonchev–Trinajstić information content (AvgIpc) is 2.54. The van der Waals surface area contributed by atoms with Crippen LogP contribution in [0.5, 0.6) is 0 Å². The average molecular weight is 198 g/mol. The van der Waals surface area contributed by atoms with Crippen LogP contribution in [0.15, 0.2) is 0 Å². The molecule has 2 fully saturated rings. The van der Waals surface area contributed by atoms with E-state index in [9.17, 15) is 0 Å². The van der Waals surface area contributed by atoms with Crippen molar-refractivity contribution < 1.29 is 4.43 Å². The zero-order valence-electron chi connectivity index (χ0n) is 9.39. The Bertz CT molecular complexity index is 209. The van der Waals surface area contributed by atoms with E-state index >= 15 is 0 Å². The van der Waals surface area contributed by atoms with Gasteiger partial charge < -0.3 is 4.43 Å². The Morgan fingerprint density at radius 3 is 2.46 bits per heavy atom. The van der Waals surface area contributed by atoms with Crippen molar-refractivity contribution in [3.05, 3.63) is 0 Å². The zero-order valence-corrected chi connectivity index (χ0v) is 10.4. The fraction of sp³-hybridized carbons (Fsp3) is 1.00. The Balaban J connectivity index is 2.05. The molecule has 13 heavy (non-hydrogen) atoms. The van der Waals surface area contributed by atoms with Gasteiger partial charge in [-0.1, -0.05) is 19.8 Å². The lowest BCUT2D eigenvalue weighted by atomic mass is 9.98. The van der Waals surface area contributed by atoms with Gasteiger partial charge in [-0.25, -0.2) is 0 Å². The fourth-order valence-electron chi connectivity index (χ4n) is 3.16. The summed E-state index contributed by atoms with van der Waals surface area (Å²) in [6, 6.07) is 0. The molecule has 0 spiro atoms. The molecular weight excluding hydrogens is 176 g/mol. The number of rotatable bonds is 2. The maximum absolute atomic E-state index is 6.39. The zero-order chi connectivity index (χ0) is 9.69. The van der Waals surface area contributed by atoms with Gasteiger partial charge in [0.05, 0.1) is 5.60 Å². The fourth-order valence-corrected chi connectivity index (χ4v) is 4.73. The molecule has 0 saturated heterocycles. The third kappa shape index (κ3) is 1.59. The van der Waals surface area contributed by atoms with Crippen LogP contribution in [-0.4, -0.2) is 13.9 Å². The summed E-state index contributed by atoms with van der Waals surface area (Å²) >= 11 is 0. The Kier molecular flexibility index (Phi) is 2.12. The van der Waals surface area contributed by atoms with Crippen molar-refractivity contribution in [1.29, 1.82) is 0 Å². The molecule has 3 atom stereocenters. The monoisotopic (exact) mass is 198 g/mol. The molecule has 2 aliphatic carbocycles. The lowest BCUT2D eigenvalue weighted by molar-refractivity contribution is 0.112. The molecule has 0 N–H and O–H groups in total. The van der Waals surface area contributed by atoms with Crippen LogP contribution in [0, 0.1) is 11.8 Å². The summed E-state index contributed by atoms with van der Waals surface area (Å²) in [7, 11) is -1.32. The molecule has 0 aliphatic heterocycles. The van der Waals surface area contributed by atoms with Gasteiger partial charge in [0.2, 0.25) is 0 Å². The highest BCUT2D eigenvalue weighted by atomic mass is 28.4. The van der Waals surface area contributed by atoms with Crippen LogP contribution in [0.25, 0.3) is 0 Å². The first-order valence-corrected chi connectivity index (χ1v) is 9.07. The summed E-state index contributed by atoms with van der Waals surface area (Å²) in [5, 5.41) is 0. The first kappa shape index (κ1) is 9.72. The molecule has 76 valence electrons. The molecule has 0 amide bonds. The second-order valence-corrected chi connectivity index (χ2v) is 10.2. The van der Waals surface area contributed by atoms with Gasteiger partial charge in [0.1, 0.15) is 0 Å². The highest BCUT2D eigenvalue weighted by molar-refractivity contribution is 6.69. The minimum atomic E-state index is -1.32. The van der Waals surface area contributed by atoms with Gasteiger partial charge in [0.25, 0.3) is 0 Å². The molecular formula is C11H22OSi. The van der Waals surface area contributed by atoms with Gasteiger partial charge in [0, 0.05) is 0 Å². The summed E-state index contributed by atoms with van der Waals surface area (Å²) in [5.41, 5.74) is 0.350. The third-order valence-electron chi connectivity index (χ3n) is 3.72. The van der Waals surface area contributed by atoms with Crippen LogP contribution in [-0.2, 0) is 4.43 Å². The van der Waals surface area contributed by atoms with E-state index in [4.69, 9.17) is 4.43 Å². The first-order valence-electron chi connectivity index (χ1n) is 5.66. The predicted molar refractivity (Wildman–Crippen MR) is 58.3 cm³/mol. The Morgan fingerprint density at radius 1 is 1.23 bits per heavy atom. The van der Waals surface area contributed by atoms with Crippen molar-refractivity contribution >= 4 is 8.32 Å². The molecule has 1 nitrogen and oxygen atoms in total. The van der Waals surface area contributed by atoms with Gasteiger partial charge in [-0.3, -0.25) is 0 Å². The van der Waals surface area contributed by atoms with Crippen molar-refractivity contribution in [1.82, 2.24) is 0 Å². The molecule has 2 heteroatoms. The lowest BCUT2D eigenvalue weighted by Gasteiger charge is -2.30. The predicted octanol–water partition coefficient (Wildman–Crippen LogP) is 3.42. The minimum Gasteiger partial charge on any atom is -0.412 e. The number of fused-ring (bicyclic) bond motifs is 1. The SMILES string of the molecule is C[C@H]1C2CCCC[C@]21O[Si](C)(C)C. The van der Waals surface area contributed by atoms with Gasteiger partial charge in [0.15, 0.2) is 8.32 Å². The molecule has 0 aromatic carbocycles. The largest absolute Gasteiger partial charge is 0.412 e. The summed E-state index contributed by atoms with van der Waals surface area (Å²) in [5.74, 6) is 1.76. The van der Waals surface area contributed by atoms with E-state index in [-0.39, 0.29) is 0 Å². The van der Waals surface area contributed by atoms with E-state index in [1.54, 1.807) is 0 Å². The van der Waals surface area contributed by atoms with Gasteiger partial charge in [-0.05, 0) is 44.3 Å². The van der Waals surface area contributed by atoms with Crippen LogP contribution in [0.4, 0.5) is 0 Å². The number of hydrogen-bond acceptors (Lipinski definition) is 1. The quantitative estimate of drug-likeness (QED) is 0.618. The van der Waals surface area contributed by atoms with Crippen molar-refractivity contribution in [3.63, 3.8) is 0 Å². The standard InChI is InChI=1S/C11H22OSi/c1-9-10-7-5-6-8-11(9,10)12-13(2,3)4/h9-10H,5-8H2,1-4H3/t9-,10?,11+/m0/s1. The lowest BCUT2D eigenvalue weighted by Crippen LogP contribution is -2.36. The van der Waals surface area contributed by atoms with Crippen LogP contribution in [0.1, 0.15) is 32.6 Å². The third-order valence-corrected chi connectivity index (χ3v) is 4.71. The second kappa shape index (κ2) is 2.83. The highest BCUT2D eigenvalue weighted by Gasteiger charge is 2.64. The van der Waals surface area contributed by atoms with Crippen molar-refractivity contribution in [2.45, 2.75) is 57.8 Å². The molecule has 0 aromatic rings. The van der Waals surface area contributed by atoms with Crippen molar-refractivity contribution in [3.8, 4) is 0 Å². The molecule has 0 aromatic heterocycles. The molecule has 2 rings (SSSR count).